The molecule has 0 aliphatic heterocycles. The van der Waals surface area contributed by atoms with E-state index in [2.05, 4.69) is 43.3 Å². The molecule has 19 heavy (non-hydrogen) atoms. The number of likely N-dealkylation sites (N-methyl/N-ethyl adjacent to an activating group) is 1. The summed E-state index contributed by atoms with van der Waals surface area (Å²) in [5.74, 6) is 0. The lowest BCUT2D eigenvalue weighted by molar-refractivity contribution is 0.509. The fourth-order valence-corrected chi connectivity index (χ4v) is 3.15. The van der Waals surface area contributed by atoms with Crippen molar-refractivity contribution >= 4 is 22.9 Å². The van der Waals surface area contributed by atoms with Crippen molar-refractivity contribution in [3.05, 3.63) is 39.3 Å². The third kappa shape index (κ3) is 3.81. The summed E-state index contributed by atoms with van der Waals surface area (Å²) in [5, 5.41) is 8.11. The number of aromatic nitrogens is 2. The second-order valence-corrected chi connectivity index (χ2v) is 6.58. The van der Waals surface area contributed by atoms with E-state index in [4.69, 9.17) is 11.6 Å². The van der Waals surface area contributed by atoms with Gasteiger partial charge in [0.05, 0.1) is 10.0 Å². The van der Waals surface area contributed by atoms with Gasteiger partial charge in [-0.3, -0.25) is 4.68 Å². The highest BCUT2D eigenvalue weighted by Gasteiger charge is 2.15. The molecule has 0 aliphatic carbocycles. The molecular weight excluding hydrogens is 278 g/mol. The van der Waals surface area contributed by atoms with E-state index in [1.54, 1.807) is 11.3 Å². The molecule has 2 heterocycles. The second kappa shape index (κ2) is 6.55. The molecule has 1 unspecified atom stereocenters. The average Bonchev–Trinajstić information content (AvgIpc) is 2.97. The van der Waals surface area contributed by atoms with Crippen molar-refractivity contribution in [2.45, 2.75) is 39.3 Å². The average molecular weight is 298 g/mol. The zero-order valence-electron chi connectivity index (χ0n) is 11.6. The van der Waals surface area contributed by atoms with Gasteiger partial charge in [0.15, 0.2) is 0 Å². The van der Waals surface area contributed by atoms with Gasteiger partial charge in [-0.25, -0.2) is 0 Å². The van der Waals surface area contributed by atoms with Crippen LogP contribution in [0.4, 0.5) is 0 Å². The maximum absolute atomic E-state index is 6.02. The predicted molar refractivity (Wildman–Crippen MR) is 82.1 cm³/mol. The van der Waals surface area contributed by atoms with Gasteiger partial charge in [0.25, 0.3) is 0 Å². The lowest BCUT2D eigenvalue weighted by Crippen LogP contribution is -2.22. The van der Waals surface area contributed by atoms with Crippen molar-refractivity contribution in [3.8, 4) is 0 Å². The molecule has 104 valence electrons. The topological polar surface area (TPSA) is 29.9 Å². The van der Waals surface area contributed by atoms with Crippen LogP contribution in [-0.4, -0.2) is 16.3 Å². The Labute approximate surface area is 123 Å². The van der Waals surface area contributed by atoms with Gasteiger partial charge in [-0.2, -0.15) is 5.10 Å². The van der Waals surface area contributed by atoms with Gasteiger partial charge in [-0.1, -0.05) is 18.5 Å². The van der Waals surface area contributed by atoms with Crippen molar-refractivity contribution in [3.63, 3.8) is 0 Å². The van der Waals surface area contributed by atoms with E-state index < -0.39 is 0 Å². The van der Waals surface area contributed by atoms with E-state index in [1.165, 1.54) is 4.88 Å². The van der Waals surface area contributed by atoms with Crippen LogP contribution in [0.15, 0.2) is 24.4 Å². The first-order valence-electron chi connectivity index (χ1n) is 6.62. The molecule has 0 saturated carbocycles. The quantitative estimate of drug-likeness (QED) is 0.871. The summed E-state index contributed by atoms with van der Waals surface area (Å²) in [7, 11) is 0. The molecule has 0 amide bonds. The molecule has 2 aromatic heterocycles. The molecule has 1 N–H and O–H groups in total. The van der Waals surface area contributed by atoms with Crippen LogP contribution in [0, 0.1) is 0 Å². The summed E-state index contributed by atoms with van der Waals surface area (Å²) < 4.78 is 2.84. The van der Waals surface area contributed by atoms with E-state index in [1.807, 2.05) is 16.9 Å². The van der Waals surface area contributed by atoms with E-state index in [0.29, 0.717) is 6.04 Å². The van der Waals surface area contributed by atoms with Crippen LogP contribution in [0.5, 0.6) is 0 Å². The Kier molecular flexibility index (Phi) is 5.02. The van der Waals surface area contributed by atoms with Crippen molar-refractivity contribution < 1.29 is 0 Å². The number of hydrogen-bond acceptors (Lipinski definition) is 3. The SMILES string of the molecule is CCNC(Cc1ccn(C(C)C)n1)c1ccc(Cl)s1. The van der Waals surface area contributed by atoms with Gasteiger partial charge in [0.2, 0.25) is 0 Å². The summed E-state index contributed by atoms with van der Waals surface area (Å²) in [6, 6.07) is 6.85. The molecule has 0 spiro atoms. The number of nitrogens with one attached hydrogen (secondary N) is 1. The molecule has 0 radical (unpaired) electrons. The van der Waals surface area contributed by atoms with Crippen molar-refractivity contribution in [1.82, 2.24) is 15.1 Å². The first-order chi connectivity index (χ1) is 9.10. The molecule has 0 fully saturated rings. The fourth-order valence-electron chi connectivity index (χ4n) is 2.02. The van der Waals surface area contributed by atoms with Crippen molar-refractivity contribution in [2.24, 2.45) is 0 Å². The van der Waals surface area contributed by atoms with Crippen molar-refractivity contribution in [2.75, 3.05) is 6.54 Å². The van der Waals surface area contributed by atoms with E-state index >= 15 is 0 Å². The molecule has 2 rings (SSSR count). The zero-order chi connectivity index (χ0) is 13.8. The fraction of sp³-hybridized carbons (Fsp3) is 0.500. The first kappa shape index (κ1) is 14.6. The Hall–Kier alpha value is -0.840. The summed E-state index contributed by atoms with van der Waals surface area (Å²) in [6.45, 7) is 7.33. The number of halogens is 1. The number of nitrogens with zero attached hydrogens (tertiary/aromatic N) is 2. The molecule has 0 aromatic carbocycles. The van der Waals surface area contributed by atoms with Crippen LogP contribution in [0.2, 0.25) is 4.34 Å². The van der Waals surface area contributed by atoms with Gasteiger partial charge in [0.1, 0.15) is 0 Å². The standard InChI is InChI=1S/C14H20ClN3S/c1-4-16-12(13-5-6-14(15)19-13)9-11-7-8-18(17-11)10(2)3/h5-8,10,12,16H,4,9H2,1-3H3. The van der Waals surface area contributed by atoms with Gasteiger partial charge < -0.3 is 5.32 Å². The number of hydrogen-bond donors (Lipinski definition) is 1. The molecule has 0 saturated heterocycles. The Morgan fingerprint density at radius 2 is 2.16 bits per heavy atom. The zero-order valence-corrected chi connectivity index (χ0v) is 13.1. The van der Waals surface area contributed by atoms with E-state index in [0.717, 1.165) is 23.0 Å². The van der Waals surface area contributed by atoms with Crippen LogP contribution in [-0.2, 0) is 6.42 Å². The molecule has 0 bridgehead atoms. The van der Waals surface area contributed by atoms with Crippen molar-refractivity contribution in [1.29, 1.82) is 0 Å². The maximum Gasteiger partial charge on any atom is 0.0931 e. The molecule has 0 aliphatic rings. The minimum absolute atomic E-state index is 0.290. The van der Waals surface area contributed by atoms with Crippen LogP contribution in [0.1, 0.15) is 43.4 Å². The third-order valence-corrected chi connectivity index (χ3v) is 4.34. The summed E-state index contributed by atoms with van der Waals surface area (Å²) >= 11 is 7.66. The van der Waals surface area contributed by atoms with Crippen LogP contribution >= 0.6 is 22.9 Å². The highest BCUT2D eigenvalue weighted by atomic mass is 35.5. The first-order valence-corrected chi connectivity index (χ1v) is 7.82. The summed E-state index contributed by atoms with van der Waals surface area (Å²) in [4.78, 5) is 1.27. The largest absolute Gasteiger partial charge is 0.309 e. The Bertz CT molecular complexity index is 518. The highest BCUT2D eigenvalue weighted by Crippen LogP contribution is 2.28. The monoisotopic (exact) mass is 297 g/mol. The third-order valence-electron chi connectivity index (χ3n) is 2.99. The maximum atomic E-state index is 6.02. The van der Waals surface area contributed by atoms with E-state index in [-0.39, 0.29) is 6.04 Å². The Balaban J connectivity index is 2.11. The lowest BCUT2D eigenvalue weighted by atomic mass is 10.1. The number of thiophene rings is 1. The highest BCUT2D eigenvalue weighted by molar-refractivity contribution is 7.16. The molecule has 3 nitrogen and oxygen atoms in total. The van der Waals surface area contributed by atoms with Crippen LogP contribution in [0.3, 0.4) is 0 Å². The van der Waals surface area contributed by atoms with Gasteiger partial charge in [0, 0.05) is 29.6 Å². The number of rotatable bonds is 6. The normalized spacial score (nSPS) is 13.1. The second-order valence-electron chi connectivity index (χ2n) is 4.84. The smallest absolute Gasteiger partial charge is 0.0931 e. The Morgan fingerprint density at radius 3 is 2.68 bits per heavy atom. The van der Waals surface area contributed by atoms with E-state index in [9.17, 15) is 0 Å². The summed E-state index contributed by atoms with van der Waals surface area (Å²) in [5.41, 5.74) is 1.11. The van der Waals surface area contributed by atoms with Crippen LogP contribution in [0.25, 0.3) is 0 Å². The minimum atomic E-state index is 0.290. The van der Waals surface area contributed by atoms with Gasteiger partial charge in [-0.05, 0) is 38.6 Å². The molecule has 5 heteroatoms. The van der Waals surface area contributed by atoms with Gasteiger partial charge in [-0.15, -0.1) is 11.3 Å². The van der Waals surface area contributed by atoms with Crippen LogP contribution < -0.4 is 5.32 Å². The molecule has 2 aromatic rings. The molecular formula is C14H20ClN3S. The Morgan fingerprint density at radius 1 is 1.37 bits per heavy atom. The molecule has 1 atom stereocenters. The lowest BCUT2D eigenvalue weighted by Gasteiger charge is -2.15. The summed E-state index contributed by atoms with van der Waals surface area (Å²) in [6.07, 6.45) is 2.94. The predicted octanol–water partition coefficient (Wildman–Crippen LogP) is 4.07. The minimum Gasteiger partial charge on any atom is -0.309 e. The van der Waals surface area contributed by atoms with Gasteiger partial charge >= 0.3 is 0 Å².